The molecule has 4 aliphatic carbocycles. The molecule has 232 valence electrons. The predicted octanol–water partition coefficient (Wildman–Crippen LogP) is 5.20. The third-order valence-corrected chi connectivity index (χ3v) is 13.5. The van der Waals surface area contributed by atoms with Crippen LogP contribution in [-0.4, -0.2) is 92.1 Å². The summed E-state index contributed by atoms with van der Waals surface area (Å²) in [4.78, 5) is 27.8. The van der Waals surface area contributed by atoms with Crippen LogP contribution in [0.3, 0.4) is 0 Å². The summed E-state index contributed by atoms with van der Waals surface area (Å²) in [5.41, 5.74) is 0.323. The molecule has 0 N–H and O–H groups in total. The highest BCUT2D eigenvalue weighted by Crippen LogP contribution is 2.67. The van der Waals surface area contributed by atoms with E-state index in [-0.39, 0.29) is 41.0 Å². The first kappa shape index (κ1) is 29.9. The summed E-state index contributed by atoms with van der Waals surface area (Å²) >= 11 is 0. The Morgan fingerprint density at radius 2 is 1.71 bits per heavy atom. The number of carbonyl (C=O) groups is 2. The van der Waals surface area contributed by atoms with Crippen LogP contribution < -0.4 is 0 Å². The fourth-order valence-electron chi connectivity index (χ4n) is 11.4. The molecular weight excluding hydrogens is 516 g/mol. The number of rotatable bonds is 6. The molecule has 4 saturated carbocycles. The van der Waals surface area contributed by atoms with Crippen LogP contribution in [-0.2, 0) is 23.8 Å². The van der Waals surface area contributed by atoms with Crippen molar-refractivity contribution in [2.75, 3.05) is 46.4 Å². The largest absolute Gasteiger partial charge is 0.461 e. The molecule has 7 heteroatoms. The fraction of sp³-hybridized carbons (Fsp3) is 0.941. The maximum Gasteiger partial charge on any atom is 0.306 e. The van der Waals surface area contributed by atoms with Crippen LogP contribution >= 0.6 is 0 Å². The van der Waals surface area contributed by atoms with Gasteiger partial charge in [-0.25, -0.2) is 0 Å². The second-order valence-corrected chi connectivity index (χ2v) is 15.6. The summed E-state index contributed by atoms with van der Waals surface area (Å²) in [5.74, 6) is 2.48. The quantitative estimate of drug-likeness (QED) is 0.321. The van der Waals surface area contributed by atoms with Gasteiger partial charge < -0.3 is 18.7 Å². The number of likely N-dealkylation sites (tertiary alicyclic amines) is 1. The lowest BCUT2D eigenvalue weighted by molar-refractivity contribution is -0.924. The molecule has 6 aliphatic rings. The highest BCUT2D eigenvalue weighted by Gasteiger charge is 2.67. The highest BCUT2D eigenvalue weighted by atomic mass is 16.5. The highest BCUT2D eigenvalue weighted by molar-refractivity contribution is 5.69. The number of carbonyl (C=O) groups excluding carboxylic acids is 2. The molecule has 0 spiro atoms. The molecule has 0 aromatic carbocycles. The van der Waals surface area contributed by atoms with Gasteiger partial charge in [-0.15, -0.1) is 0 Å². The predicted molar refractivity (Wildman–Crippen MR) is 158 cm³/mol. The van der Waals surface area contributed by atoms with Crippen LogP contribution in [0.5, 0.6) is 0 Å². The maximum absolute atomic E-state index is 13.0. The van der Waals surface area contributed by atoms with Crippen molar-refractivity contribution in [1.29, 1.82) is 0 Å². The van der Waals surface area contributed by atoms with E-state index >= 15 is 0 Å². The minimum Gasteiger partial charge on any atom is -0.461 e. The molecular formula is C34H57N2O5+. The van der Waals surface area contributed by atoms with Crippen molar-refractivity contribution < 1.29 is 28.3 Å². The molecule has 0 bridgehead atoms. The van der Waals surface area contributed by atoms with Gasteiger partial charge in [0.05, 0.1) is 33.4 Å². The van der Waals surface area contributed by atoms with Crippen LogP contribution in [0.25, 0.3) is 0 Å². The molecule has 0 aromatic rings. The molecule has 10 atom stereocenters. The van der Waals surface area contributed by atoms with Gasteiger partial charge in [0.15, 0.2) is 6.10 Å². The van der Waals surface area contributed by atoms with Gasteiger partial charge >= 0.3 is 11.9 Å². The van der Waals surface area contributed by atoms with Crippen LogP contribution in [0.15, 0.2) is 0 Å². The van der Waals surface area contributed by atoms with Crippen molar-refractivity contribution in [3.63, 3.8) is 0 Å². The molecule has 2 aliphatic heterocycles. The van der Waals surface area contributed by atoms with Crippen LogP contribution in [0, 0.1) is 34.5 Å². The van der Waals surface area contributed by atoms with Gasteiger partial charge in [-0.1, -0.05) is 20.8 Å². The molecule has 0 aromatic heterocycles. The van der Waals surface area contributed by atoms with E-state index in [0.29, 0.717) is 36.1 Å². The average Bonchev–Trinajstić information content (AvgIpc) is 3.51. The lowest BCUT2D eigenvalue weighted by Crippen LogP contribution is -2.61. The molecule has 6 fully saturated rings. The van der Waals surface area contributed by atoms with Gasteiger partial charge in [0.2, 0.25) is 0 Å². The lowest BCUT2D eigenvalue weighted by atomic mass is 9.44. The van der Waals surface area contributed by atoms with Crippen molar-refractivity contribution in [3.8, 4) is 0 Å². The zero-order valence-electron chi connectivity index (χ0n) is 26.6. The van der Waals surface area contributed by atoms with E-state index < -0.39 is 0 Å². The Morgan fingerprint density at radius 3 is 2.39 bits per heavy atom. The number of morpholine rings is 1. The molecule has 41 heavy (non-hydrogen) atoms. The summed E-state index contributed by atoms with van der Waals surface area (Å²) in [6, 6.07) is 0.711. The van der Waals surface area contributed by atoms with Gasteiger partial charge in [-0.2, -0.15) is 0 Å². The first-order valence-electron chi connectivity index (χ1n) is 17.1. The van der Waals surface area contributed by atoms with Gasteiger partial charge in [-0.3, -0.25) is 14.5 Å². The summed E-state index contributed by atoms with van der Waals surface area (Å²) in [6.07, 6.45) is 12.2. The first-order valence-corrected chi connectivity index (χ1v) is 17.1. The van der Waals surface area contributed by atoms with Crippen molar-refractivity contribution in [1.82, 2.24) is 4.90 Å². The normalized spacial score (nSPS) is 45.8. The maximum atomic E-state index is 13.0. The summed E-state index contributed by atoms with van der Waals surface area (Å²) < 4.78 is 19.4. The fourth-order valence-corrected chi connectivity index (χ4v) is 11.4. The third kappa shape index (κ3) is 5.18. The van der Waals surface area contributed by atoms with E-state index in [4.69, 9.17) is 14.2 Å². The number of quaternary nitrogens is 1. The van der Waals surface area contributed by atoms with E-state index in [1.807, 2.05) is 0 Å². The number of esters is 2. The van der Waals surface area contributed by atoms with Crippen LogP contribution in [0.4, 0.5) is 0 Å². The second-order valence-electron chi connectivity index (χ2n) is 15.6. The first-order chi connectivity index (χ1) is 19.6. The minimum atomic E-state index is -0.141. The van der Waals surface area contributed by atoms with Crippen molar-refractivity contribution >= 4 is 11.9 Å². The number of ether oxygens (including phenoxy) is 3. The summed E-state index contributed by atoms with van der Waals surface area (Å²) in [6.45, 7) is 14.6. The Balaban J connectivity index is 1.28. The molecule has 0 amide bonds. The zero-order valence-corrected chi connectivity index (χ0v) is 26.6. The minimum absolute atomic E-state index is 0.00748. The Labute approximate surface area is 248 Å². The number of nitrogens with zero attached hydrogens (tertiary/aromatic N) is 2. The number of fused-ring (bicyclic) bond motifs is 5. The Morgan fingerprint density at radius 1 is 0.976 bits per heavy atom. The lowest BCUT2D eigenvalue weighted by Gasteiger charge is -2.62. The monoisotopic (exact) mass is 573 g/mol. The average molecular weight is 574 g/mol. The zero-order chi connectivity index (χ0) is 29.0. The second kappa shape index (κ2) is 11.4. The Bertz CT molecular complexity index is 976. The van der Waals surface area contributed by atoms with Crippen molar-refractivity contribution in [2.45, 2.75) is 123 Å². The molecule has 2 heterocycles. The van der Waals surface area contributed by atoms with Crippen LogP contribution in [0.2, 0.25) is 0 Å². The van der Waals surface area contributed by atoms with E-state index in [9.17, 15) is 9.59 Å². The number of likely N-dealkylation sites (N-methyl/N-ethyl adjacent to an activating group) is 1. The van der Waals surface area contributed by atoms with E-state index in [0.717, 1.165) is 56.5 Å². The Kier molecular flexibility index (Phi) is 8.30. The van der Waals surface area contributed by atoms with Crippen molar-refractivity contribution in [2.24, 2.45) is 34.5 Å². The van der Waals surface area contributed by atoms with E-state index in [1.54, 1.807) is 6.92 Å². The van der Waals surface area contributed by atoms with Crippen molar-refractivity contribution in [3.05, 3.63) is 0 Å². The van der Waals surface area contributed by atoms with Gasteiger partial charge in [0.25, 0.3) is 0 Å². The topological polar surface area (TPSA) is 65.1 Å². The summed E-state index contributed by atoms with van der Waals surface area (Å²) in [5, 5.41) is 0. The van der Waals surface area contributed by atoms with Crippen LogP contribution in [0.1, 0.15) is 98.3 Å². The third-order valence-electron chi connectivity index (χ3n) is 13.5. The van der Waals surface area contributed by atoms with E-state index in [2.05, 4.69) is 32.7 Å². The van der Waals surface area contributed by atoms with Gasteiger partial charge in [0, 0.05) is 57.2 Å². The molecule has 2 saturated heterocycles. The molecule has 6 rings (SSSR count). The molecule has 7 nitrogen and oxygen atoms in total. The Hall–Kier alpha value is -1.18. The van der Waals surface area contributed by atoms with Gasteiger partial charge in [0.1, 0.15) is 12.1 Å². The van der Waals surface area contributed by atoms with E-state index in [1.165, 1.54) is 51.6 Å². The molecule has 5 unspecified atom stereocenters. The standard InChI is InChI=1S/C34H57N2O5/c1-6-9-31(38)41-32-29(36(5)16-7-8-17-36)21-27-25-11-10-24-20-30(40-23(2)37)28(35-14-18-39-19-15-35)22-34(24,4)26(25)12-13-33(27,32)3/h24-30,32H,6-22H2,1-5H3/q+1/t24?,25-,26-,27+,28?,29?,30?,32?,33+,34+/m1/s1. The number of hydrogen-bond donors (Lipinski definition) is 0. The summed E-state index contributed by atoms with van der Waals surface area (Å²) in [7, 11) is 2.46. The number of hydrogen-bond acceptors (Lipinski definition) is 6. The SMILES string of the molecule is CCCC(=O)OC1C([N+]2(C)CCCC2)C[C@H]2[C@@H]3CCC4CC(OC(C)=O)C(N5CCOCC5)C[C@]4(C)[C@@H]3CC[C@]12C. The van der Waals surface area contributed by atoms with Gasteiger partial charge in [-0.05, 0) is 74.0 Å². The smallest absolute Gasteiger partial charge is 0.306 e. The molecule has 0 radical (unpaired) electrons.